The van der Waals surface area contributed by atoms with Crippen molar-refractivity contribution in [2.45, 2.75) is 56.5 Å². The van der Waals surface area contributed by atoms with Crippen molar-refractivity contribution in [3.05, 3.63) is 18.2 Å². The lowest BCUT2D eigenvalue weighted by Crippen LogP contribution is -2.59. The Balaban J connectivity index is 3.08. The van der Waals surface area contributed by atoms with E-state index in [1.807, 2.05) is 5.32 Å². The first kappa shape index (κ1) is 28.0. The third-order valence-corrected chi connectivity index (χ3v) is 4.47. The summed E-state index contributed by atoms with van der Waals surface area (Å²) in [5.74, 6) is -7.28. The highest BCUT2D eigenvalue weighted by atomic mass is 16.4. The third-order valence-electron chi connectivity index (χ3n) is 4.47. The van der Waals surface area contributed by atoms with Crippen molar-refractivity contribution < 1.29 is 44.1 Å². The van der Waals surface area contributed by atoms with Crippen LogP contribution in [0.25, 0.3) is 0 Å². The maximum absolute atomic E-state index is 12.9. The molecule has 1 rings (SSSR count). The molecule has 0 aliphatic carbocycles. The number of carbonyl (C=O) groups is 6. The minimum absolute atomic E-state index is 0.176. The summed E-state index contributed by atoms with van der Waals surface area (Å²) in [6, 6.07) is -6.31. The molecule has 16 nitrogen and oxygen atoms in total. The van der Waals surface area contributed by atoms with E-state index in [1.54, 1.807) is 0 Å². The number of hydrogen-bond donors (Lipinski definition) is 9. The summed E-state index contributed by atoms with van der Waals surface area (Å²) in [6.07, 6.45) is -0.490. The number of rotatable bonds is 14. The van der Waals surface area contributed by atoms with Crippen LogP contribution >= 0.6 is 0 Å². The minimum Gasteiger partial charge on any atom is -0.481 e. The Morgan fingerprint density at radius 3 is 2.00 bits per heavy atom. The molecule has 0 aliphatic heterocycles. The highest BCUT2D eigenvalue weighted by molar-refractivity contribution is 5.96. The second kappa shape index (κ2) is 12.9. The van der Waals surface area contributed by atoms with Crippen molar-refractivity contribution in [2.24, 2.45) is 11.5 Å². The SMILES string of the molecule is CC(O)C(N)C(=O)NC(Cc1cnc[nH]1)C(=O)NC(CC(=O)O)C(=O)NC(CC(N)=O)C(=O)O. The number of hydrogen-bond acceptors (Lipinski definition) is 9. The van der Waals surface area contributed by atoms with Gasteiger partial charge in [0.1, 0.15) is 24.2 Å². The molecule has 5 atom stereocenters. The summed E-state index contributed by atoms with van der Waals surface area (Å²) in [5.41, 5.74) is 10.9. The average Bonchev–Trinajstić information content (AvgIpc) is 3.23. The van der Waals surface area contributed by atoms with Gasteiger partial charge < -0.3 is 47.7 Å². The second-order valence-electron chi connectivity index (χ2n) is 7.34. The number of carboxylic acid groups (broad SMARTS) is 2. The number of aromatic nitrogens is 2. The second-order valence-corrected chi connectivity index (χ2v) is 7.34. The molecule has 0 fully saturated rings. The van der Waals surface area contributed by atoms with Gasteiger partial charge in [0.25, 0.3) is 0 Å². The van der Waals surface area contributed by atoms with Gasteiger partial charge in [-0.05, 0) is 6.92 Å². The highest BCUT2D eigenvalue weighted by Gasteiger charge is 2.32. The molecular formula is C18H27N7O9. The van der Waals surface area contributed by atoms with Gasteiger partial charge in [-0.25, -0.2) is 9.78 Å². The summed E-state index contributed by atoms with van der Waals surface area (Å²) in [5, 5.41) is 34.1. The molecule has 4 amide bonds. The Morgan fingerprint density at radius 2 is 1.53 bits per heavy atom. The van der Waals surface area contributed by atoms with E-state index in [4.69, 9.17) is 21.7 Å². The van der Waals surface area contributed by atoms with Gasteiger partial charge in [0.15, 0.2) is 0 Å². The molecule has 0 saturated heterocycles. The molecule has 0 aliphatic rings. The van der Waals surface area contributed by atoms with Crippen molar-refractivity contribution in [2.75, 3.05) is 0 Å². The fraction of sp³-hybridized carbons (Fsp3) is 0.500. The molecule has 0 bridgehead atoms. The first-order chi connectivity index (χ1) is 15.8. The topological polar surface area (TPSA) is 280 Å². The molecule has 1 aromatic rings. The van der Waals surface area contributed by atoms with E-state index in [0.29, 0.717) is 5.69 Å². The number of nitrogens with one attached hydrogen (secondary N) is 4. The molecule has 1 aromatic heterocycles. The number of aliphatic carboxylic acids is 2. The monoisotopic (exact) mass is 485 g/mol. The number of nitrogens with zero attached hydrogens (tertiary/aromatic N) is 1. The van der Waals surface area contributed by atoms with E-state index in [2.05, 4.69) is 20.6 Å². The predicted molar refractivity (Wildman–Crippen MR) is 111 cm³/mol. The molecule has 0 radical (unpaired) electrons. The van der Waals surface area contributed by atoms with Crippen LogP contribution in [0.5, 0.6) is 0 Å². The van der Waals surface area contributed by atoms with Gasteiger partial charge in [-0.2, -0.15) is 0 Å². The smallest absolute Gasteiger partial charge is 0.326 e. The van der Waals surface area contributed by atoms with Crippen molar-refractivity contribution in [3.63, 3.8) is 0 Å². The van der Waals surface area contributed by atoms with Crippen LogP contribution < -0.4 is 27.4 Å². The maximum Gasteiger partial charge on any atom is 0.326 e. The number of aliphatic hydroxyl groups excluding tert-OH is 1. The molecule has 34 heavy (non-hydrogen) atoms. The number of amides is 4. The fourth-order valence-corrected chi connectivity index (χ4v) is 2.64. The standard InChI is InChI=1S/C18H27N7O9/c1-7(26)14(20)17(32)24-9(2-8-5-21-6-22-8)15(30)23-10(4-13(28)29)16(31)25-11(18(33)34)3-12(19)27/h5-7,9-11,14,26H,2-4,20H2,1H3,(H2,19,27)(H,21,22)(H,23,30)(H,24,32)(H,25,31)(H,28,29)(H,33,34). The number of nitrogens with two attached hydrogens (primary N) is 2. The molecule has 5 unspecified atom stereocenters. The lowest BCUT2D eigenvalue weighted by Gasteiger charge is -2.24. The van der Waals surface area contributed by atoms with Gasteiger partial charge in [0, 0.05) is 18.3 Å². The predicted octanol–water partition coefficient (Wildman–Crippen LogP) is -4.45. The highest BCUT2D eigenvalue weighted by Crippen LogP contribution is 2.04. The van der Waals surface area contributed by atoms with E-state index in [-0.39, 0.29) is 6.42 Å². The Kier molecular flexibility index (Phi) is 10.6. The normalized spacial score (nSPS) is 15.1. The molecule has 1 heterocycles. The van der Waals surface area contributed by atoms with Crippen LogP contribution in [-0.4, -0.2) is 91.1 Å². The Labute approximate surface area is 192 Å². The number of carbonyl (C=O) groups excluding carboxylic acids is 4. The maximum atomic E-state index is 12.9. The van der Waals surface area contributed by atoms with Gasteiger partial charge in [0.05, 0.1) is 25.3 Å². The fourth-order valence-electron chi connectivity index (χ4n) is 2.64. The zero-order chi connectivity index (χ0) is 26.0. The number of H-pyrrole nitrogens is 1. The van der Waals surface area contributed by atoms with Gasteiger partial charge in [-0.15, -0.1) is 0 Å². The summed E-state index contributed by atoms with van der Waals surface area (Å²) >= 11 is 0. The van der Waals surface area contributed by atoms with Gasteiger partial charge in [-0.3, -0.25) is 24.0 Å². The van der Waals surface area contributed by atoms with E-state index in [1.165, 1.54) is 19.4 Å². The molecule has 0 aromatic carbocycles. The first-order valence-corrected chi connectivity index (χ1v) is 9.86. The van der Waals surface area contributed by atoms with Crippen LogP contribution in [0, 0.1) is 0 Å². The van der Waals surface area contributed by atoms with Gasteiger partial charge >= 0.3 is 11.9 Å². The largest absolute Gasteiger partial charge is 0.481 e. The van der Waals surface area contributed by atoms with Crippen LogP contribution in [0.15, 0.2) is 12.5 Å². The summed E-state index contributed by atoms with van der Waals surface area (Å²) in [6.45, 7) is 1.26. The molecular weight excluding hydrogens is 458 g/mol. The average molecular weight is 485 g/mol. The quantitative estimate of drug-likeness (QED) is 0.121. The molecule has 0 spiro atoms. The number of primary amides is 1. The third kappa shape index (κ3) is 9.21. The van der Waals surface area contributed by atoms with E-state index < -0.39 is 78.7 Å². The van der Waals surface area contributed by atoms with Crippen LogP contribution in [0.3, 0.4) is 0 Å². The lowest BCUT2D eigenvalue weighted by molar-refractivity contribution is -0.144. The molecule has 188 valence electrons. The van der Waals surface area contributed by atoms with Crippen LogP contribution in [-0.2, 0) is 35.2 Å². The number of carboxylic acids is 2. The van der Waals surface area contributed by atoms with Gasteiger partial charge in [-0.1, -0.05) is 0 Å². The van der Waals surface area contributed by atoms with Crippen LogP contribution in [0.4, 0.5) is 0 Å². The minimum atomic E-state index is -1.77. The van der Waals surface area contributed by atoms with Crippen molar-refractivity contribution in [1.29, 1.82) is 0 Å². The Hall–Kier alpha value is -4.05. The zero-order valence-electron chi connectivity index (χ0n) is 18.1. The van der Waals surface area contributed by atoms with Crippen molar-refractivity contribution in [1.82, 2.24) is 25.9 Å². The van der Waals surface area contributed by atoms with E-state index >= 15 is 0 Å². The summed E-state index contributed by atoms with van der Waals surface area (Å²) < 4.78 is 0. The van der Waals surface area contributed by atoms with Gasteiger partial charge in [0.2, 0.25) is 23.6 Å². The first-order valence-electron chi connectivity index (χ1n) is 9.86. The van der Waals surface area contributed by atoms with E-state index in [9.17, 15) is 33.9 Å². The summed E-state index contributed by atoms with van der Waals surface area (Å²) in [7, 11) is 0. The number of aromatic amines is 1. The molecule has 11 N–H and O–H groups in total. The Morgan fingerprint density at radius 1 is 0.971 bits per heavy atom. The molecule has 16 heteroatoms. The van der Waals surface area contributed by atoms with Crippen LogP contribution in [0.2, 0.25) is 0 Å². The zero-order valence-corrected chi connectivity index (χ0v) is 18.1. The van der Waals surface area contributed by atoms with Crippen molar-refractivity contribution in [3.8, 4) is 0 Å². The van der Waals surface area contributed by atoms with E-state index in [0.717, 1.165) is 0 Å². The van der Waals surface area contributed by atoms with Crippen LogP contribution in [0.1, 0.15) is 25.5 Å². The summed E-state index contributed by atoms with van der Waals surface area (Å²) in [4.78, 5) is 77.6. The van der Waals surface area contributed by atoms with Crippen molar-refractivity contribution >= 4 is 35.6 Å². The molecule has 0 saturated carbocycles. The number of imidazole rings is 1. The lowest BCUT2D eigenvalue weighted by atomic mass is 10.1. The Bertz CT molecular complexity index is 904. The number of aliphatic hydroxyl groups is 1.